The van der Waals surface area contributed by atoms with Crippen LogP contribution in [0.4, 0.5) is 0 Å². The van der Waals surface area contributed by atoms with Gasteiger partial charge in [0.1, 0.15) is 11.0 Å². The maximum absolute atomic E-state index is 5.80. The minimum atomic E-state index is 0.446. The molecule has 1 saturated carbocycles. The maximum Gasteiger partial charge on any atom is 0.218 e. The van der Waals surface area contributed by atoms with Gasteiger partial charge in [-0.25, -0.2) is 4.98 Å². The molecular weight excluding hydrogens is 212 g/mol. The summed E-state index contributed by atoms with van der Waals surface area (Å²) in [7, 11) is 0. The molecule has 1 aliphatic rings. The molecule has 4 heteroatoms. The number of halogens is 1. The highest BCUT2D eigenvalue weighted by Gasteiger charge is 2.16. The fraction of sp³-hybridized carbons (Fsp3) is 0.636. The first-order valence-electron chi connectivity index (χ1n) is 5.38. The van der Waals surface area contributed by atoms with Gasteiger partial charge in [0.15, 0.2) is 0 Å². The predicted molar refractivity (Wildman–Crippen MR) is 59.2 cm³/mol. The highest BCUT2D eigenvalue weighted by atomic mass is 35.5. The van der Waals surface area contributed by atoms with Crippen molar-refractivity contribution in [3.8, 4) is 5.88 Å². The lowest BCUT2D eigenvalue weighted by Crippen LogP contribution is -2.14. The normalized spacial score (nSPS) is 16.1. The Labute approximate surface area is 94.8 Å². The third-order valence-corrected chi connectivity index (χ3v) is 2.98. The number of aryl methyl sites for hydroxylation is 1. The van der Waals surface area contributed by atoms with Crippen LogP contribution in [0.2, 0.25) is 5.15 Å². The summed E-state index contributed by atoms with van der Waals surface area (Å²) in [6, 6.07) is 1.66. The lowest BCUT2D eigenvalue weighted by molar-refractivity contribution is 0.217. The van der Waals surface area contributed by atoms with Crippen LogP contribution in [0.25, 0.3) is 0 Å². The van der Waals surface area contributed by atoms with Gasteiger partial charge in [0.05, 0.1) is 6.61 Å². The first-order chi connectivity index (χ1) is 7.24. The SMILES string of the molecule is Cc1nc(Cl)cc(OCCC2CCC2)n1. The van der Waals surface area contributed by atoms with Crippen molar-refractivity contribution in [2.75, 3.05) is 6.61 Å². The first-order valence-corrected chi connectivity index (χ1v) is 5.76. The van der Waals surface area contributed by atoms with E-state index in [9.17, 15) is 0 Å². The smallest absolute Gasteiger partial charge is 0.218 e. The summed E-state index contributed by atoms with van der Waals surface area (Å²) in [5, 5.41) is 0.446. The molecule has 0 radical (unpaired) electrons. The van der Waals surface area contributed by atoms with Gasteiger partial charge < -0.3 is 4.74 Å². The van der Waals surface area contributed by atoms with E-state index >= 15 is 0 Å². The van der Waals surface area contributed by atoms with Crippen molar-refractivity contribution in [2.24, 2.45) is 5.92 Å². The second-order valence-electron chi connectivity index (χ2n) is 4.01. The van der Waals surface area contributed by atoms with Crippen LogP contribution in [0.3, 0.4) is 0 Å². The molecule has 0 bridgehead atoms. The lowest BCUT2D eigenvalue weighted by Gasteiger charge is -2.24. The van der Waals surface area contributed by atoms with Crippen molar-refractivity contribution < 1.29 is 4.74 Å². The average molecular weight is 227 g/mol. The number of ether oxygens (including phenoxy) is 1. The van der Waals surface area contributed by atoms with Gasteiger partial charge in [-0.1, -0.05) is 30.9 Å². The summed E-state index contributed by atoms with van der Waals surface area (Å²) in [4.78, 5) is 8.14. The van der Waals surface area contributed by atoms with Gasteiger partial charge in [-0.2, -0.15) is 4.98 Å². The summed E-state index contributed by atoms with van der Waals surface area (Å²) >= 11 is 5.80. The zero-order valence-corrected chi connectivity index (χ0v) is 9.63. The molecule has 1 heterocycles. The second kappa shape index (κ2) is 4.79. The average Bonchev–Trinajstić information content (AvgIpc) is 2.07. The van der Waals surface area contributed by atoms with Gasteiger partial charge in [-0.3, -0.25) is 0 Å². The molecule has 0 spiro atoms. The van der Waals surface area contributed by atoms with Gasteiger partial charge in [-0.15, -0.1) is 0 Å². The summed E-state index contributed by atoms with van der Waals surface area (Å²) in [5.41, 5.74) is 0. The van der Waals surface area contributed by atoms with Crippen LogP contribution in [0.1, 0.15) is 31.5 Å². The molecule has 1 aromatic rings. The van der Waals surface area contributed by atoms with E-state index in [1.807, 2.05) is 6.92 Å². The molecule has 0 unspecified atom stereocenters. The van der Waals surface area contributed by atoms with E-state index in [2.05, 4.69) is 9.97 Å². The largest absolute Gasteiger partial charge is 0.478 e. The van der Waals surface area contributed by atoms with Crippen LogP contribution < -0.4 is 4.74 Å². The van der Waals surface area contributed by atoms with Crippen LogP contribution >= 0.6 is 11.6 Å². The van der Waals surface area contributed by atoms with Gasteiger partial charge >= 0.3 is 0 Å². The summed E-state index contributed by atoms with van der Waals surface area (Å²) in [6.45, 7) is 2.54. The second-order valence-corrected chi connectivity index (χ2v) is 4.40. The van der Waals surface area contributed by atoms with Gasteiger partial charge in [0.2, 0.25) is 5.88 Å². The van der Waals surface area contributed by atoms with Crippen molar-refractivity contribution in [1.82, 2.24) is 9.97 Å². The first kappa shape index (κ1) is 10.7. The Morgan fingerprint density at radius 2 is 2.27 bits per heavy atom. The number of rotatable bonds is 4. The molecule has 1 aliphatic carbocycles. The number of aromatic nitrogens is 2. The van der Waals surface area contributed by atoms with E-state index in [0.29, 0.717) is 16.9 Å². The fourth-order valence-electron chi connectivity index (χ4n) is 1.69. The Hall–Kier alpha value is -0.830. The van der Waals surface area contributed by atoms with Gasteiger partial charge in [0.25, 0.3) is 0 Å². The summed E-state index contributed by atoms with van der Waals surface area (Å²) < 4.78 is 5.54. The minimum absolute atomic E-state index is 0.446. The van der Waals surface area contributed by atoms with Crippen LogP contribution in [-0.4, -0.2) is 16.6 Å². The van der Waals surface area contributed by atoms with E-state index in [-0.39, 0.29) is 0 Å². The Kier molecular flexibility index (Phi) is 3.41. The molecule has 15 heavy (non-hydrogen) atoms. The molecule has 2 rings (SSSR count). The summed E-state index contributed by atoms with van der Waals surface area (Å²) in [6.07, 6.45) is 5.21. The van der Waals surface area contributed by atoms with Crippen LogP contribution in [0.15, 0.2) is 6.07 Å². The highest BCUT2D eigenvalue weighted by Crippen LogP contribution is 2.29. The number of nitrogens with zero attached hydrogens (tertiary/aromatic N) is 2. The molecule has 0 aliphatic heterocycles. The monoisotopic (exact) mass is 226 g/mol. The fourth-order valence-corrected chi connectivity index (χ4v) is 1.91. The van der Waals surface area contributed by atoms with Crippen LogP contribution in [0.5, 0.6) is 5.88 Å². The topological polar surface area (TPSA) is 35.0 Å². The molecule has 1 fully saturated rings. The van der Waals surface area contributed by atoms with Crippen molar-refractivity contribution in [3.05, 3.63) is 17.0 Å². The van der Waals surface area contributed by atoms with E-state index in [1.165, 1.54) is 19.3 Å². The lowest BCUT2D eigenvalue weighted by atomic mass is 9.83. The van der Waals surface area contributed by atoms with Crippen molar-refractivity contribution in [1.29, 1.82) is 0 Å². The van der Waals surface area contributed by atoms with E-state index in [0.717, 1.165) is 18.9 Å². The Morgan fingerprint density at radius 1 is 1.47 bits per heavy atom. The van der Waals surface area contributed by atoms with E-state index < -0.39 is 0 Å². The molecular formula is C11H15ClN2O. The zero-order chi connectivity index (χ0) is 10.7. The Bertz CT molecular complexity index is 319. The van der Waals surface area contributed by atoms with E-state index in [4.69, 9.17) is 16.3 Å². The third-order valence-electron chi connectivity index (χ3n) is 2.78. The molecule has 0 aromatic carbocycles. The standard InChI is InChI=1S/C11H15ClN2O/c1-8-13-10(12)7-11(14-8)15-6-5-9-3-2-4-9/h7,9H,2-6H2,1H3. The molecule has 0 atom stereocenters. The molecule has 82 valence electrons. The molecule has 3 nitrogen and oxygen atoms in total. The molecule has 1 aromatic heterocycles. The van der Waals surface area contributed by atoms with Crippen LogP contribution in [-0.2, 0) is 0 Å². The maximum atomic E-state index is 5.80. The number of hydrogen-bond acceptors (Lipinski definition) is 3. The highest BCUT2D eigenvalue weighted by molar-refractivity contribution is 6.29. The quantitative estimate of drug-likeness (QED) is 0.741. The van der Waals surface area contributed by atoms with Crippen molar-refractivity contribution in [2.45, 2.75) is 32.6 Å². The predicted octanol–water partition coefficient (Wildman–Crippen LogP) is 3.01. The van der Waals surface area contributed by atoms with E-state index in [1.54, 1.807) is 6.07 Å². The Morgan fingerprint density at radius 3 is 2.87 bits per heavy atom. The van der Waals surface area contributed by atoms with Crippen molar-refractivity contribution >= 4 is 11.6 Å². The minimum Gasteiger partial charge on any atom is -0.478 e. The molecule has 0 saturated heterocycles. The number of hydrogen-bond donors (Lipinski definition) is 0. The van der Waals surface area contributed by atoms with Crippen LogP contribution in [0, 0.1) is 12.8 Å². The van der Waals surface area contributed by atoms with Gasteiger partial charge in [0, 0.05) is 6.07 Å². The van der Waals surface area contributed by atoms with Gasteiger partial charge in [-0.05, 0) is 19.3 Å². The third kappa shape index (κ3) is 3.06. The molecule has 0 amide bonds. The summed E-state index contributed by atoms with van der Waals surface area (Å²) in [5.74, 6) is 2.11. The van der Waals surface area contributed by atoms with Crippen molar-refractivity contribution in [3.63, 3.8) is 0 Å². The molecule has 0 N–H and O–H groups in total. The Balaban J connectivity index is 1.81. The zero-order valence-electron chi connectivity index (χ0n) is 8.87.